The van der Waals surface area contributed by atoms with Crippen LogP contribution in [-0.4, -0.2) is 0 Å². The number of hydrogen-bond acceptors (Lipinski definition) is 1. The third kappa shape index (κ3) is 2.41. The van der Waals surface area contributed by atoms with Crippen molar-refractivity contribution in [1.82, 2.24) is 0 Å². The number of furan rings is 1. The number of hydrogen-bond donors (Lipinski definition) is 0. The van der Waals surface area contributed by atoms with Gasteiger partial charge in [0.15, 0.2) is 0 Å². The van der Waals surface area contributed by atoms with E-state index >= 15 is 0 Å². The molecule has 1 nitrogen and oxygen atoms in total. The summed E-state index contributed by atoms with van der Waals surface area (Å²) in [5, 5.41) is 2.32. The first-order valence-electron chi connectivity index (χ1n) is 8.46. The summed E-state index contributed by atoms with van der Waals surface area (Å²) >= 11 is 0. The summed E-state index contributed by atoms with van der Waals surface area (Å²) in [7, 11) is 0. The van der Waals surface area contributed by atoms with Crippen LogP contribution in [0, 0.1) is 0 Å². The van der Waals surface area contributed by atoms with Crippen molar-refractivity contribution in [3.05, 3.63) is 97.1 Å². The summed E-state index contributed by atoms with van der Waals surface area (Å²) in [6.45, 7) is 0. The molecule has 0 saturated heterocycles. The monoisotopic (exact) mass is 320 g/mol. The van der Waals surface area contributed by atoms with Crippen molar-refractivity contribution in [3.63, 3.8) is 0 Å². The second-order valence-corrected chi connectivity index (χ2v) is 6.26. The maximum absolute atomic E-state index is 6.18. The normalized spacial score (nSPS) is 11.2. The van der Waals surface area contributed by atoms with Crippen LogP contribution in [-0.2, 0) is 0 Å². The third-order valence-electron chi connectivity index (χ3n) is 4.69. The summed E-state index contributed by atoms with van der Waals surface area (Å²) in [6.07, 6.45) is 0. The van der Waals surface area contributed by atoms with Gasteiger partial charge in [-0.3, -0.25) is 0 Å². The molecule has 1 heterocycles. The Morgan fingerprint density at radius 1 is 0.400 bits per heavy atom. The van der Waals surface area contributed by atoms with Gasteiger partial charge in [-0.15, -0.1) is 0 Å². The molecule has 1 aromatic heterocycles. The summed E-state index contributed by atoms with van der Waals surface area (Å²) in [4.78, 5) is 0. The molecular formula is C24H16O. The van der Waals surface area contributed by atoms with Crippen molar-refractivity contribution in [3.8, 4) is 22.3 Å². The van der Waals surface area contributed by atoms with Gasteiger partial charge in [0.2, 0.25) is 0 Å². The molecule has 25 heavy (non-hydrogen) atoms. The van der Waals surface area contributed by atoms with E-state index in [1.165, 1.54) is 22.3 Å². The van der Waals surface area contributed by atoms with Gasteiger partial charge in [-0.05, 0) is 46.5 Å². The molecule has 0 fully saturated rings. The van der Waals surface area contributed by atoms with Gasteiger partial charge >= 0.3 is 0 Å². The maximum Gasteiger partial charge on any atom is 0.136 e. The van der Waals surface area contributed by atoms with Gasteiger partial charge in [-0.1, -0.05) is 72.8 Å². The van der Waals surface area contributed by atoms with Crippen molar-refractivity contribution in [2.75, 3.05) is 0 Å². The highest BCUT2D eigenvalue weighted by Gasteiger charge is 2.09. The van der Waals surface area contributed by atoms with Crippen LogP contribution >= 0.6 is 0 Å². The molecule has 0 amide bonds. The zero-order chi connectivity index (χ0) is 16.6. The number of fused-ring (bicyclic) bond motifs is 3. The Bertz CT molecular complexity index is 1070. The van der Waals surface area contributed by atoms with E-state index in [4.69, 9.17) is 4.42 Å². The lowest BCUT2D eigenvalue weighted by Crippen LogP contribution is -1.77. The molecule has 0 N–H and O–H groups in total. The Balaban J connectivity index is 1.67. The molecule has 0 aliphatic rings. The van der Waals surface area contributed by atoms with E-state index in [2.05, 4.69) is 84.9 Å². The Kier molecular flexibility index (Phi) is 3.17. The molecule has 5 rings (SSSR count). The minimum absolute atomic E-state index is 0.932. The summed E-state index contributed by atoms with van der Waals surface area (Å²) in [5.74, 6) is 0. The van der Waals surface area contributed by atoms with Crippen LogP contribution in [0.25, 0.3) is 44.2 Å². The highest BCUT2D eigenvalue weighted by Crippen LogP contribution is 2.34. The predicted molar refractivity (Wildman–Crippen MR) is 105 cm³/mol. The first-order chi connectivity index (χ1) is 12.4. The molecule has 0 unspecified atom stereocenters. The van der Waals surface area contributed by atoms with Gasteiger partial charge in [-0.25, -0.2) is 0 Å². The van der Waals surface area contributed by atoms with Crippen molar-refractivity contribution < 1.29 is 4.42 Å². The minimum atomic E-state index is 0.932. The molecule has 118 valence electrons. The second-order valence-electron chi connectivity index (χ2n) is 6.26. The summed E-state index contributed by atoms with van der Waals surface area (Å²) in [6, 6.07) is 33.7. The Morgan fingerprint density at radius 2 is 0.840 bits per heavy atom. The molecule has 0 bridgehead atoms. The standard InChI is InChI=1S/C24H16O/c1-3-7-17(8-4-1)19-11-13-21-22-14-12-20(18-9-5-2-6-10-18)16-24(22)25-23(21)15-19/h1-16H. The lowest BCUT2D eigenvalue weighted by atomic mass is 10.0. The zero-order valence-electron chi connectivity index (χ0n) is 13.6. The van der Waals surface area contributed by atoms with Crippen LogP contribution in [0.15, 0.2) is 101 Å². The van der Waals surface area contributed by atoms with Gasteiger partial charge in [-0.2, -0.15) is 0 Å². The Labute approximate surface area is 146 Å². The molecule has 4 aromatic carbocycles. The van der Waals surface area contributed by atoms with E-state index in [0.717, 1.165) is 21.9 Å². The lowest BCUT2D eigenvalue weighted by molar-refractivity contribution is 0.669. The Morgan fingerprint density at radius 3 is 1.28 bits per heavy atom. The topological polar surface area (TPSA) is 13.1 Å². The largest absolute Gasteiger partial charge is 0.456 e. The van der Waals surface area contributed by atoms with Crippen LogP contribution in [0.2, 0.25) is 0 Å². The molecule has 0 aliphatic heterocycles. The third-order valence-corrected chi connectivity index (χ3v) is 4.69. The SMILES string of the molecule is c1ccc(-c2ccc3c(c2)oc2cc(-c4ccccc4)ccc23)cc1. The highest BCUT2D eigenvalue weighted by molar-refractivity contribution is 6.06. The van der Waals surface area contributed by atoms with E-state index in [9.17, 15) is 0 Å². The second kappa shape index (κ2) is 5.64. The molecule has 1 heteroatoms. The van der Waals surface area contributed by atoms with Gasteiger partial charge in [0.25, 0.3) is 0 Å². The fourth-order valence-corrected chi connectivity index (χ4v) is 3.40. The van der Waals surface area contributed by atoms with Crippen molar-refractivity contribution in [2.24, 2.45) is 0 Å². The zero-order valence-corrected chi connectivity index (χ0v) is 13.6. The van der Waals surface area contributed by atoms with Crippen LogP contribution in [0.4, 0.5) is 0 Å². The molecule has 0 radical (unpaired) electrons. The van der Waals surface area contributed by atoms with Gasteiger partial charge in [0.1, 0.15) is 11.2 Å². The van der Waals surface area contributed by atoms with Crippen molar-refractivity contribution >= 4 is 21.9 Å². The van der Waals surface area contributed by atoms with Crippen molar-refractivity contribution in [1.29, 1.82) is 0 Å². The predicted octanol–water partition coefficient (Wildman–Crippen LogP) is 6.92. The highest BCUT2D eigenvalue weighted by atomic mass is 16.3. The molecule has 5 aromatic rings. The van der Waals surface area contributed by atoms with E-state index in [0.29, 0.717) is 0 Å². The van der Waals surface area contributed by atoms with Crippen molar-refractivity contribution in [2.45, 2.75) is 0 Å². The van der Waals surface area contributed by atoms with E-state index < -0.39 is 0 Å². The average molecular weight is 320 g/mol. The Hall–Kier alpha value is -3.32. The molecule has 0 aliphatic carbocycles. The van der Waals surface area contributed by atoms with Crippen LogP contribution in [0.1, 0.15) is 0 Å². The quantitative estimate of drug-likeness (QED) is 0.344. The summed E-state index contributed by atoms with van der Waals surface area (Å²) < 4.78 is 6.18. The minimum Gasteiger partial charge on any atom is -0.456 e. The maximum atomic E-state index is 6.18. The molecule has 0 atom stereocenters. The van der Waals surface area contributed by atoms with Gasteiger partial charge in [0, 0.05) is 10.8 Å². The van der Waals surface area contributed by atoms with E-state index in [-0.39, 0.29) is 0 Å². The lowest BCUT2D eigenvalue weighted by Gasteiger charge is -2.01. The smallest absolute Gasteiger partial charge is 0.136 e. The van der Waals surface area contributed by atoms with Crippen LogP contribution < -0.4 is 0 Å². The van der Waals surface area contributed by atoms with E-state index in [1.807, 2.05) is 12.1 Å². The molecule has 0 saturated carbocycles. The van der Waals surface area contributed by atoms with E-state index in [1.54, 1.807) is 0 Å². The van der Waals surface area contributed by atoms with Gasteiger partial charge < -0.3 is 4.42 Å². The first-order valence-corrected chi connectivity index (χ1v) is 8.46. The average Bonchev–Trinajstić information content (AvgIpc) is 3.06. The molecule has 0 spiro atoms. The fraction of sp³-hybridized carbons (Fsp3) is 0. The van der Waals surface area contributed by atoms with Crippen LogP contribution in [0.5, 0.6) is 0 Å². The molecular weight excluding hydrogens is 304 g/mol. The van der Waals surface area contributed by atoms with Crippen LogP contribution in [0.3, 0.4) is 0 Å². The summed E-state index contributed by atoms with van der Waals surface area (Å²) in [5.41, 5.74) is 6.62. The number of rotatable bonds is 2. The first kappa shape index (κ1) is 14.1. The van der Waals surface area contributed by atoms with Gasteiger partial charge in [0.05, 0.1) is 0 Å². The number of benzene rings is 4. The fourth-order valence-electron chi connectivity index (χ4n) is 3.40.